The van der Waals surface area contributed by atoms with Crippen LogP contribution in [0.2, 0.25) is 0 Å². The van der Waals surface area contributed by atoms with Crippen LogP contribution in [0.4, 0.5) is 5.69 Å². The Morgan fingerprint density at radius 3 is 2.41 bits per heavy atom. The minimum atomic E-state index is -0.0689. The fraction of sp³-hybridized carbons (Fsp3) is 0.333. The maximum absolute atomic E-state index is 11.7. The van der Waals surface area contributed by atoms with Gasteiger partial charge in [-0.3, -0.25) is 4.79 Å². The Kier molecular flexibility index (Phi) is 4.90. The van der Waals surface area contributed by atoms with Gasteiger partial charge in [0.2, 0.25) is 0 Å². The predicted octanol–water partition coefficient (Wildman–Crippen LogP) is 1.73. The van der Waals surface area contributed by atoms with Crippen LogP contribution in [0.25, 0.3) is 0 Å². The minimum absolute atomic E-state index is 0.0689. The van der Waals surface area contributed by atoms with Crippen LogP contribution < -0.4 is 16.4 Å². The number of thiocarbonyl (C=S) groups is 1. The number of rotatable bonds is 4. The van der Waals surface area contributed by atoms with Crippen LogP contribution in [0.15, 0.2) is 24.3 Å². The second kappa shape index (κ2) is 6.20. The summed E-state index contributed by atoms with van der Waals surface area (Å²) < 4.78 is 0. The molecule has 0 aliphatic rings. The zero-order valence-electron chi connectivity index (χ0n) is 9.99. The summed E-state index contributed by atoms with van der Waals surface area (Å²) in [5, 5.41) is 5.86. The monoisotopic (exact) mass is 251 g/mol. The molecule has 92 valence electrons. The Labute approximate surface area is 107 Å². The zero-order chi connectivity index (χ0) is 12.8. The van der Waals surface area contributed by atoms with Gasteiger partial charge in [-0.25, -0.2) is 0 Å². The lowest BCUT2D eigenvalue weighted by Gasteiger charge is -2.08. The Morgan fingerprint density at radius 1 is 1.35 bits per heavy atom. The van der Waals surface area contributed by atoms with E-state index in [-0.39, 0.29) is 11.0 Å². The third-order valence-corrected chi connectivity index (χ3v) is 2.19. The number of hydrogen-bond donors (Lipinski definition) is 3. The molecular weight excluding hydrogens is 234 g/mol. The lowest BCUT2D eigenvalue weighted by Crippen LogP contribution is -2.27. The van der Waals surface area contributed by atoms with Gasteiger partial charge in [-0.1, -0.05) is 13.8 Å². The van der Waals surface area contributed by atoms with Crippen LogP contribution >= 0.6 is 12.2 Å². The number of nitrogens with two attached hydrogens (primary N) is 1. The standard InChI is InChI=1S/C12H17N3OS/c1-8(2)7-14-11(16)9-3-5-10(6-4-9)15-12(13)17/h3-6,8H,7H2,1-2H3,(H,14,16)(H3,13,15,17). The second-order valence-electron chi connectivity index (χ2n) is 4.17. The van der Waals surface area contributed by atoms with Crippen molar-refractivity contribution in [2.75, 3.05) is 11.9 Å². The van der Waals surface area contributed by atoms with E-state index in [1.54, 1.807) is 24.3 Å². The van der Waals surface area contributed by atoms with E-state index < -0.39 is 0 Å². The van der Waals surface area contributed by atoms with Crippen LogP contribution in [0.1, 0.15) is 24.2 Å². The van der Waals surface area contributed by atoms with Crippen LogP contribution in [0.3, 0.4) is 0 Å². The highest BCUT2D eigenvalue weighted by Gasteiger charge is 2.05. The van der Waals surface area contributed by atoms with E-state index >= 15 is 0 Å². The Balaban J connectivity index is 2.60. The number of carbonyl (C=O) groups is 1. The van der Waals surface area contributed by atoms with Gasteiger partial charge in [0.15, 0.2) is 5.11 Å². The summed E-state index contributed by atoms with van der Waals surface area (Å²) in [5.41, 5.74) is 6.74. The fourth-order valence-electron chi connectivity index (χ4n) is 1.25. The van der Waals surface area contributed by atoms with Crippen molar-refractivity contribution < 1.29 is 4.79 Å². The molecule has 0 fully saturated rings. The molecule has 0 bridgehead atoms. The van der Waals surface area contributed by atoms with Crippen molar-refractivity contribution in [2.24, 2.45) is 11.7 Å². The maximum Gasteiger partial charge on any atom is 0.251 e. The quantitative estimate of drug-likeness (QED) is 0.713. The van der Waals surface area contributed by atoms with E-state index in [0.29, 0.717) is 18.0 Å². The molecule has 4 N–H and O–H groups in total. The number of amides is 1. The zero-order valence-corrected chi connectivity index (χ0v) is 10.8. The normalized spacial score (nSPS) is 10.1. The Bertz CT molecular complexity index is 401. The molecule has 1 aromatic rings. The molecule has 0 heterocycles. The lowest BCUT2D eigenvalue weighted by molar-refractivity contribution is 0.0949. The molecule has 1 rings (SSSR count). The first-order valence-corrected chi connectivity index (χ1v) is 5.84. The van der Waals surface area contributed by atoms with Gasteiger partial charge in [0.25, 0.3) is 5.91 Å². The molecule has 0 saturated carbocycles. The molecule has 0 atom stereocenters. The second-order valence-corrected chi connectivity index (χ2v) is 4.61. The summed E-state index contributed by atoms with van der Waals surface area (Å²) in [6, 6.07) is 7.00. The van der Waals surface area contributed by atoms with Gasteiger partial charge in [-0.05, 0) is 42.4 Å². The fourth-order valence-corrected chi connectivity index (χ4v) is 1.36. The Hall–Kier alpha value is -1.62. The first kappa shape index (κ1) is 13.4. The van der Waals surface area contributed by atoms with E-state index in [1.165, 1.54) is 0 Å². The summed E-state index contributed by atoms with van der Waals surface area (Å²) >= 11 is 4.72. The molecule has 0 aliphatic heterocycles. The molecule has 0 aromatic heterocycles. The first-order chi connectivity index (χ1) is 7.99. The van der Waals surface area contributed by atoms with Crippen LogP contribution in [0, 0.1) is 5.92 Å². The van der Waals surface area contributed by atoms with Crippen molar-refractivity contribution in [1.82, 2.24) is 5.32 Å². The molecule has 0 unspecified atom stereocenters. The lowest BCUT2D eigenvalue weighted by atomic mass is 10.1. The third kappa shape index (κ3) is 4.82. The predicted molar refractivity (Wildman–Crippen MR) is 74.0 cm³/mol. The topological polar surface area (TPSA) is 67.2 Å². The molecule has 0 radical (unpaired) electrons. The highest BCUT2D eigenvalue weighted by Crippen LogP contribution is 2.09. The van der Waals surface area contributed by atoms with E-state index in [1.807, 2.05) is 0 Å². The number of carbonyl (C=O) groups excluding carboxylic acids is 1. The van der Waals surface area contributed by atoms with Gasteiger partial charge in [0.1, 0.15) is 0 Å². The number of anilines is 1. The molecule has 1 aromatic carbocycles. The minimum Gasteiger partial charge on any atom is -0.376 e. The van der Waals surface area contributed by atoms with Gasteiger partial charge in [0.05, 0.1) is 0 Å². The van der Waals surface area contributed by atoms with Gasteiger partial charge in [-0.2, -0.15) is 0 Å². The van der Waals surface area contributed by atoms with Crippen molar-refractivity contribution in [2.45, 2.75) is 13.8 Å². The van der Waals surface area contributed by atoms with Crippen molar-refractivity contribution in [3.8, 4) is 0 Å². The Morgan fingerprint density at radius 2 is 1.94 bits per heavy atom. The molecular formula is C12H17N3OS. The van der Waals surface area contributed by atoms with E-state index in [9.17, 15) is 4.79 Å². The van der Waals surface area contributed by atoms with E-state index in [0.717, 1.165) is 5.69 Å². The molecule has 0 spiro atoms. The summed E-state index contributed by atoms with van der Waals surface area (Å²) in [7, 11) is 0. The first-order valence-electron chi connectivity index (χ1n) is 5.43. The van der Waals surface area contributed by atoms with Gasteiger partial charge in [0, 0.05) is 17.8 Å². The summed E-state index contributed by atoms with van der Waals surface area (Å²) in [5.74, 6) is 0.370. The average molecular weight is 251 g/mol. The van der Waals surface area contributed by atoms with Gasteiger partial charge >= 0.3 is 0 Å². The van der Waals surface area contributed by atoms with E-state index in [2.05, 4.69) is 24.5 Å². The summed E-state index contributed by atoms with van der Waals surface area (Å²) in [4.78, 5) is 11.7. The van der Waals surface area contributed by atoms with E-state index in [4.69, 9.17) is 18.0 Å². The van der Waals surface area contributed by atoms with Crippen molar-refractivity contribution in [3.63, 3.8) is 0 Å². The average Bonchev–Trinajstić information content (AvgIpc) is 2.26. The third-order valence-electron chi connectivity index (χ3n) is 2.09. The molecule has 17 heavy (non-hydrogen) atoms. The van der Waals surface area contributed by atoms with Crippen LogP contribution in [-0.4, -0.2) is 17.6 Å². The van der Waals surface area contributed by atoms with Crippen molar-refractivity contribution in [1.29, 1.82) is 0 Å². The van der Waals surface area contributed by atoms with Gasteiger partial charge in [-0.15, -0.1) is 0 Å². The number of hydrogen-bond acceptors (Lipinski definition) is 2. The molecule has 0 saturated heterocycles. The highest BCUT2D eigenvalue weighted by molar-refractivity contribution is 7.80. The molecule has 0 aliphatic carbocycles. The SMILES string of the molecule is CC(C)CNC(=O)c1ccc(NC(N)=S)cc1. The molecule has 1 amide bonds. The largest absolute Gasteiger partial charge is 0.376 e. The maximum atomic E-state index is 11.7. The molecule has 4 nitrogen and oxygen atoms in total. The smallest absolute Gasteiger partial charge is 0.251 e. The number of nitrogens with one attached hydrogen (secondary N) is 2. The highest BCUT2D eigenvalue weighted by atomic mass is 32.1. The van der Waals surface area contributed by atoms with Crippen molar-refractivity contribution in [3.05, 3.63) is 29.8 Å². The summed E-state index contributed by atoms with van der Waals surface area (Å²) in [6.07, 6.45) is 0. The molecule has 5 heteroatoms. The van der Waals surface area contributed by atoms with Crippen LogP contribution in [0.5, 0.6) is 0 Å². The van der Waals surface area contributed by atoms with Crippen LogP contribution in [-0.2, 0) is 0 Å². The summed E-state index contributed by atoms with van der Waals surface area (Å²) in [6.45, 7) is 4.77. The van der Waals surface area contributed by atoms with Gasteiger partial charge < -0.3 is 16.4 Å². The number of benzene rings is 1. The van der Waals surface area contributed by atoms with Crippen molar-refractivity contribution >= 4 is 28.9 Å².